The van der Waals surface area contributed by atoms with Gasteiger partial charge in [0.1, 0.15) is 5.82 Å². The van der Waals surface area contributed by atoms with E-state index in [1.165, 1.54) is 4.90 Å². The molecule has 7 heteroatoms. The van der Waals surface area contributed by atoms with Crippen LogP contribution in [0.25, 0.3) is 0 Å². The van der Waals surface area contributed by atoms with Gasteiger partial charge in [-0.1, -0.05) is 0 Å². The molecule has 4 nitrogen and oxygen atoms in total. The van der Waals surface area contributed by atoms with Gasteiger partial charge in [-0.2, -0.15) is 13.2 Å². The lowest BCUT2D eigenvalue weighted by Gasteiger charge is -2.23. The van der Waals surface area contributed by atoms with Gasteiger partial charge < -0.3 is 15.7 Å². The number of likely N-dealkylation sites (N-methyl/N-ethyl adjacent to an activating group) is 1. The summed E-state index contributed by atoms with van der Waals surface area (Å²) in [6.45, 7) is 2.25. The standard InChI is InChI=1S/C10H14F3N3O/c1-2-16(3-4-17)8-5-7(10(11,12)13)6-15-9(8)14/h5-6,17H,2-4H2,1H3,(H2,14,15). The van der Waals surface area contributed by atoms with Crippen LogP contribution in [0.5, 0.6) is 0 Å². The monoisotopic (exact) mass is 249 g/mol. The molecule has 0 unspecified atom stereocenters. The van der Waals surface area contributed by atoms with Crippen molar-refractivity contribution in [1.29, 1.82) is 0 Å². The molecule has 0 aromatic carbocycles. The van der Waals surface area contributed by atoms with E-state index >= 15 is 0 Å². The third-order valence-corrected chi connectivity index (χ3v) is 2.32. The van der Waals surface area contributed by atoms with E-state index in [1.807, 2.05) is 0 Å². The highest BCUT2D eigenvalue weighted by Gasteiger charge is 2.32. The number of nitrogens with two attached hydrogens (primary N) is 1. The number of aliphatic hydroxyl groups is 1. The lowest BCUT2D eigenvalue weighted by Crippen LogP contribution is -2.27. The van der Waals surface area contributed by atoms with Crippen LogP contribution in [0, 0.1) is 0 Å². The maximum absolute atomic E-state index is 12.5. The van der Waals surface area contributed by atoms with Crippen molar-refractivity contribution >= 4 is 11.5 Å². The Morgan fingerprint density at radius 2 is 2.12 bits per heavy atom. The highest BCUT2D eigenvalue weighted by molar-refractivity contribution is 5.64. The van der Waals surface area contributed by atoms with Crippen LogP contribution in [-0.2, 0) is 6.18 Å². The van der Waals surface area contributed by atoms with Crippen LogP contribution in [0.1, 0.15) is 12.5 Å². The maximum atomic E-state index is 12.5. The Morgan fingerprint density at radius 3 is 2.59 bits per heavy atom. The minimum Gasteiger partial charge on any atom is -0.395 e. The van der Waals surface area contributed by atoms with Gasteiger partial charge in [0.05, 0.1) is 17.9 Å². The zero-order valence-corrected chi connectivity index (χ0v) is 9.33. The summed E-state index contributed by atoms with van der Waals surface area (Å²) in [5, 5.41) is 8.82. The number of aliphatic hydroxyl groups excluding tert-OH is 1. The zero-order valence-electron chi connectivity index (χ0n) is 9.33. The molecule has 0 atom stereocenters. The van der Waals surface area contributed by atoms with E-state index in [9.17, 15) is 13.2 Å². The van der Waals surface area contributed by atoms with Crippen molar-refractivity contribution in [3.63, 3.8) is 0 Å². The Balaban J connectivity index is 3.13. The first-order chi connectivity index (χ1) is 7.90. The Labute approximate surface area is 96.9 Å². The maximum Gasteiger partial charge on any atom is 0.417 e. The highest BCUT2D eigenvalue weighted by Crippen LogP contribution is 2.33. The number of hydrogen-bond acceptors (Lipinski definition) is 4. The summed E-state index contributed by atoms with van der Waals surface area (Å²) in [6.07, 6.45) is -3.75. The molecule has 0 aliphatic heterocycles. The lowest BCUT2D eigenvalue weighted by molar-refractivity contribution is -0.137. The first kappa shape index (κ1) is 13.6. The molecule has 1 heterocycles. The van der Waals surface area contributed by atoms with E-state index in [4.69, 9.17) is 10.8 Å². The van der Waals surface area contributed by atoms with E-state index < -0.39 is 11.7 Å². The summed E-state index contributed by atoms with van der Waals surface area (Å²) >= 11 is 0. The molecular weight excluding hydrogens is 235 g/mol. The molecule has 1 aromatic heterocycles. The summed E-state index contributed by atoms with van der Waals surface area (Å²) < 4.78 is 37.5. The Kier molecular flexibility index (Phi) is 4.17. The number of nitrogen functional groups attached to an aromatic ring is 1. The number of pyridine rings is 1. The van der Waals surface area contributed by atoms with E-state index in [0.717, 1.165) is 6.07 Å². The average molecular weight is 249 g/mol. The quantitative estimate of drug-likeness (QED) is 0.848. The summed E-state index contributed by atoms with van der Waals surface area (Å²) in [7, 11) is 0. The normalized spacial score (nSPS) is 11.6. The van der Waals surface area contributed by atoms with Gasteiger partial charge in [-0.05, 0) is 13.0 Å². The van der Waals surface area contributed by atoms with Crippen LogP contribution in [0.3, 0.4) is 0 Å². The second kappa shape index (κ2) is 5.22. The Morgan fingerprint density at radius 1 is 1.47 bits per heavy atom. The number of rotatable bonds is 4. The second-order valence-electron chi connectivity index (χ2n) is 3.43. The minimum absolute atomic E-state index is 0.0216. The molecule has 1 aromatic rings. The SMILES string of the molecule is CCN(CCO)c1cc(C(F)(F)F)cnc1N. The van der Waals surface area contributed by atoms with Crippen LogP contribution >= 0.6 is 0 Å². The second-order valence-corrected chi connectivity index (χ2v) is 3.43. The van der Waals surface area contributed by atoms with E-state index in [1.54, 1.807) is 6.92 Å². The fraction of sp³-hybridized carbons (Fsp3) is 0.500. The number of halogens is 3. The van der Waals surface area contributed by atoms with Crippen molar-refractivity contribution in [3.8, 4) is 0 Å². The third-order valence-electron chi connectivity index (χ3n) is 2.32. The fourth-order valence-corrected chi connectivity index (χ4v) is 1.44. The summed E-state index contributed by atoms with van der Waals surface area (Å²) in [5.41, 5.74) is 4.88. The molecule has 0 saturated heterocycles. The largest absolute Gasteiger partial charge is 0.417 e. The topological polar surface area (TPSA) is 62.4 Å². The number of hydrogen-bond donors (Lipinski definition) is 2. The van der Waals surface area contributed by atoms with Gasteiger partial charge in [0.15, 0.2) is 0 Å². The van der Waals surface area contributed by atoms with E-state index in [-0.39, 0.29) is 24.7 Å². The fourth-order valence-electron chi connectivity index (χ4n) is 1.44. The predicted molar refractivity (Wildman–Crippen MR) is 58.6 cm³/mol. The van der Waals surface area contributed by atoms with Crippen LogP contribution in [0.2, 0.25) is 0 Å². The molecule has 0 bridgehead atoms. The van der Waals surface area contributed by atoms with E-state index in [2.05, 4.69) is 4.98 Å². The summed E-state index contributed by atoms with van der Waals surface area (Å²) in [4.78, 5) is 5.07. The first-order valence-corrected chi connectivity index (χ1v) is 5.08. The van der Waals surface area contributed by atoms with Gasteiger partial charge in [-0.25, -0.2) is 4.98 Å². The van der Waals surface area contributed by atoms with Crippen LogP contribution in [-0.4, -0.2) is 29.8 Å². The van der Waals surface area contributed by atoms with Gasteiger partial charge >= 0.3 is 6.18 Å². The van der Waals surface area contributed by atoms with Crippen molar-refractivity contribution in [2.24, 2.45) is 0 Å². The number of aromatic nitrogens is 1. The predicted octanol–water partition coefficient (Wildman–Crippen LogP) is 1.50. The van der Waals surface area contributed by atoms with Gasteiger partial charge in [-0.15, -0.1) is 0 Å². The summed E-state index contributed by atoms with van der Waals surface area (Å²) in [5.74, 6) is 0.0216. The molecule has 3 N–H and O–H groups in total. The molecular formula is C10H14F3N3O. The van der Waals surface area contributed by atoms with Gasteiger partial charge in [0.2, 0.25) is 0 Å². The molecule has 1 rings (SSSR count). The number of nitrogens with zero attached hydrogens (tertiary/aromatic N) is 2. The van der Waals surface area contributed by atoms with Crippen molar-refractivity contribution in [2.75, 3.05) is 30.3 Å². The number of alkyl halides is 3. The van der Waals surface area contributed by atoms with Crippen molar-refractivity contribution in [1.82, 2.24) is 4.98 Å². The molecule has 0 amide bonds. The van der Waals surface area contributed by atoms with Crippen molar-refractivity contribution in [3.05, 3.63) is 17.8 Å². The Hall–Kier alpha value is -1.50. The van der Waals surface area contributed by atoms with Crippen LogP contribution in [0.15, 0.2) is 12.3 Å². The molecule has 0 aliphatic carbocycles. The molecule has 0 spiro atoms. The van der Waals surface area contributed by atoms with Gasteiger partial charge in [-0.3, -0.25) is 0 Å². The number of anilines is 2. The van der Waals surface area contributed by atoms with Crippen molar-refractivity contribution < 1.29 is 18.3 Å². The molecule has 17 heavy (non-hydrogen) atoms. The molecule has 96 valence electrons. The summed E-state index contributed by atoms with van der Waals surface area (Å²) in [6, 6.07) is 0.946. The van der Waals surface area contributed by atoms with Crippen LogP contribution in [0.4, 0.5) is 24.7 Å². The molecule has 0 fully saturated rings. The van der Waals surface area contributed by atoms with E-state index in [0.29, 0.717) is 12.7 Å². The van der Waals surface area contributed by atoms with Gasteiger partial charge in [0, 0.05) is 19.3 Å². The smallest absolute Gasteiger partial charge is 0.395 e. The first-order valence-electron chi connectivity index (χ1n) is 5.08. The minimum atomic E-state index is -4.45. The van der Waals surface area contributed by atoms with Gasteiger partial charge in [0.25, 0.3) is 0 Å². The third kappa shape index (κ3) is 3.23. The average Bonchev–Trinajstić information content (AvgIpc) is 2.25. The lowest BCUT2D eigenvalue weighted by atomic mass is 10.2. The van der Waals surface area contributed by atoms with Crippen LogP contribution < -0.4 is 10.6 Å². The highest BCUT2D eigenvalue weighted by atomic mass is 19.4. The molecule has 0 aliphatic rings. The zero-order chi connectivity index (χ0) is 13.1. The Bertz CT molecular complexity index is 382. The molecule has 0 saturated carbocycles. The van der Waals surface area contributed by atoms with Crippen molar-refractivity contribution in [2.45, 2.75) is 13.1 Å². The molecule has 0 radical (unpaired) electrons.